The highest BCUT2D eigenvalue weighted by atomic mass is 16.6. The lowest BCUT2D eigenvalue weighted by atomic mass is 9.93. The number of carbonyl (C=O) groups is 1. The van der Waals surface area contributed by atoms with Gasteiger partial charge in [-0.1, -0.05) is 6.42 Å². The van der Waals surface area contributed by atoms with E-state index in [1.165, 1.54) is 19.3 Å². The van der Waals surface area contributed by atoms with Crippen molar-refractivity contribution in [2.24, 2.45) is 5.73 Å². The predicted octanol–water partition coefficient (Wildman–Crippen LogP) is 1.81. The summed E-state index contributed by atoms with van der Waals surface area (Å²) in [5.74, 6) is 0. The summed E-state index contributed by atoms with van der Waals surface area (Å²) in [5.41, 5.74) is 5.60. The summed E-state index contributed by atoms with van der Waals surface area (Å²) < 4.78 is 5.47. The first-order valence-electron chi connectivity index (χ1n) is 7.79. The van der Waals surface area contributed by atoms with Gasteiger partial charge in [0.15, 0.2) is 0 Å². The van der Waals surface area contributed by atoms with Crippen molar-refractivity contribution in [1.29, 1.82) is 0 Å². The Hall–Kier alpha value is -0.810. The fraction of sp³-hybridized carbons (Fsp3) is 0.933. The van der Waals surface area contributed by atoms with Crippen LogP contribution in [0.5, 0.6) is 0 Å². The first-order chi connectivity index (χ1) is 9.36. The molecule has 5 nitrogen and oxygen atoms in total. The normalized spacial score (nSPS) is 28.7. The van der Waals surface area contributed by atoms with Crippen LogP contribution < -0.4 is 5.73 Å². The lowest BCUT2D eigenvalue weighted by Gasteiger charge is -2.42. The highest BCUT2D eigenvalue weighted by Gasteiger charge is 2.44. The van der Waals surface area contributed by atoms with Gasteiger partial charge < -0.3 is 15.4 Å². The molecule has 2 saturated heterocycles. The van der Waals surface area contributed by atoms with Gasteiger partial charge in [-0.25, -0.2) is 4.79 Å². The number of nitrogens with two attached hydrogens (primary N) is 1. The third-order valence-electron chi connectivity index (χ3n) is 4.39. The van der Waals surface area contributed by atoms with Crippen molar-refractivity contribution in [2.75, 3.05) is 32.7 Å². The lowest BCUT2D eigenvalue weighted by molar-refractivity contribution is 0.0226. The molecule has 1 unspecified atom stereocenters. The van der Waals surface area contributed by atoms with Crippen LogP contribution in [0.3, 0.4) is 0 Å². The number of hydrogen-bond acceptors (Lipinski definition) is 4. The number of hydrogen-bond donors (Lipinski definition) is 1. The van der Waals surface area contributed by atoms with Gasteiger partial charge in [0.25, 0.3) is 0 Å². The van der Waals surface area contributed by atoms with E-state index in [-0.39, 0.29) is 11.6 Å². The third kappa shape index (κ3) is 3.44. The molecule has 5 heteroatoms. The largest absolute Gasteiger partial charge is 0.444 e. The van der Waals surface area contributed by atoms with E-state index in [0.29, 0.717) is 13.1 Å². The molecule has 0 spiro atoms. The number of likely N-dealkylation sites (tertiary alicyclic amines) is 2. The molecular formula is C15H29N3O2. The minimum atomic E-state index is -0.434. The first kappa shape index (κ1) is 15.6. The fourth-order valence-electron chi connectivity index (χ4n) is 3.26. The van der Waals surface area contributed by atoms with Crippen molar-refractivity contribution in [3.8, 4) is 0 Å². The van der Waals surface area contributed by atoms with Gasteiger partial charge in [-0.15, -0.1) is 0 Å². The molecule has 2 rings (SSSR count). The summed E-state index contributed by atoms with van der Waals surface area (Å²) in [7, 11) is 0. The summed E-state index contributed by atoms with van der Waals surface area (Å²) in [6.07, 6.45) is 4.56. The maximum Gasteiger partial charge on any atom is 0.410 e. The molecule has 1 atom stereocenters. The van der Waals surface area contributed by atoms with Gasteiger partial charge in [-0.05, 0) is 53.1 Å². The standard InChI is InChI=1S/C15H29N3O2/c1-14(2,3)20-13(19)17-10-7-15(11-16,12-17)18-8-5-4-6-9-18/h4-12,16H2,1-3H3. The summed E-state index contributed by atoms with van der Waals surface area (Å²) in [5, 5.41) is 0. The van der Waals surface area contributed by atoms with Gasteiger partial charge in [-0.2, -0.15) is 0 Å². The molecule has 0 aromatic rings. The van der Waals surface area contributed by atoms with E-state index in [1.54, 1.807) is 0 Å². The highest BCUT2D eigenvalue weighted by molar-refractivity contribution is 5.68. The molecule has 0 aliphatic carbocycles. The summed E-state index contributed by atoms with van der Waals surface area (Å²) in [6, 6.07) is 0. The zero-order valence-electron chi connectivity index (χ0n) is 13.2. The maximum absolute atomic E-state index is 12.2. The van der Waals surface area contributed by atoms with Crippen molar-refractivity contribution in [2.45, 2.75) is 57.6 Å². The minimum absolute atomic E-state index is 0.0304. The lowest BCUT2D eigenvalue weighted by Crippen LogP contribution is -2.57. The molecule has 0 saturated carbocycles. The highest BCUT2D eigenvalue weighted by Crippen LogP contribution is 2.30. The average Bonchev–Trinajstić information content (AvgIpc) is 2.84. The second-order valence-corrected chi connectivity index (χ2v) is 7.13. The van der Waals surface area contributed by atoms with Gasteiger partial charge in [-0.3, -0.25) is 4.90 Å². The van der Waals surface area contributed by atoms with E-state index < -0.39 is 5.60 Å². The first-order valence-corrected chi connectivity index (χ1v) is 7.79. The Balaban J connectivity index is 1.99. The van der Waals surface area contributed by atoms with Crippen molar-refractivity contribution >= 4 is 6.09 Å². The van der Waals surface area contributed by atoms with Crippen LogP contribution in [0.4, 0.5) is 4.79 Å². The van der Waals surface area contributed by atoms with Crippen LogP contribution in [0.25, 0.3) is 0 Å². The molecule has 0 radical (unpaired) electrons. The summed E-state index contributed by atoms with van der Waals surface area (Å²) in [6.45, 7) is 10.0. The molecule has 2 aliphatic heterocycles. The number of piperidine rings is 1. The van der Waals surface area contributed by atoms with E-state index in [4.69, 9.17) is 10.5 Å². The Labute approximate surface area is 122 Å². The van der Waals surface area contributed by atoms with E-state index in [9.17, 15) is 4.79 Å². The second kappa shape index (κ2) is 5.90. The summed E-state index contributed by atoms with van der Waals surface area (Å²) in [4.78, 5) is 16.5. The SMILES string of the molecule is CC(C)(C)OC(=O)N1CCC(CN)(N2CCCCC2)C1. The number of ether oxygens (including phenoxy) is 1. The van der Waals surface area contributed by atoms with Crippen LogP contribution in [0, 0.1) is 0 Å². The number of carbonyl (C=O) groups excluding carboxylic acids is 1. The van der Waals surface area contributed by atoms with Crippen LogP contribution in [-0.4, -0.2) is 59.8 Å². The number of rotatable bonds is 2. The molecule has 116 valence electrons. The third-order valence-corrected chi connectivity index (χ3v) is 4.39. The Morgan fingerprint density at radius 1 is 1.20 bits per heavy atom. The van der Waals surface area contributed by atoms with Crippen LogP contribution in [0.15, 0.2) is 0 Å². The van der Waals surface area contributed by atoms with Crippen molar-refractivity contribution in [3.63, 3.8) is 0 Å². The zero-order valence-corrected chi connectivity index (χ0v) is 13.2. The molecule has 2 heterocycles. The summed E-state index contributed by atoms with van der Waals surface area (Å²) >= 11 is 0. The molecule has 0 aromatic carbocycles. The van der Waals surface area contributed by atoms with Crippen molar-refractivity contribution in [3.05, 3.63) is 0 Å². The maximum atomic E-state index is 12.2. The Morgan fingerprint density at radius 2 is 1.85 bits per heavy atom. The molecule has 0 bridgehead atoms. The average molecular weight is 283 g/mol. The van der Waals surface area contributed by atoms with E-state index in [1.807, 2.05) is 25.7 Å². The van der Waals surface area contributed by atoms with Crippen LogP contribution in [-0.2, 0) is 4.74 Å². The van der Waals surface area contributed by atoms with Gasteiger partial charge in [0, 0.05) is 19.6 Å². The molecule has 0 aromatic heterocycles. The monoisotopic (exact) mass is 283 g/mol. The molecule has 2 aliphatic rings. The Morgan fingerprint density at radius 3 is 2.40 bits per heavy atom. The fourth-order valence-corrected chi connectivity index (χ4v) is 3.26. The zero-order chi connectivity index (χ0) is 14.8. The Bertz CT molecular complexity index is 348. The Kier molecular flexibility index (Phi) is 4.59. The number of amides is 1. The van der Waals surface area contributed by atoms with Crippen molar-refractivity contribution in [1.82, 2.24) is 9.80 Å². The van der Waals surface area contributed by atoms with Gasteiger partial charge in [0.2, 0.25) is 0 Å². The topological polar surface area (TPSA) is 58.8 Å². The van der Waals surface area contributed by atoms with Crippen LogP contribution in [0.2, 0.25) is 0 Å². The molecule has 2 fully saturated rings. The second-order valence-electron chi connectivity index (χ2n) is 7.13. The predicted molar refractivity (Wildman–Crippen MR) is 79.6 cm³/mol. The minimum Gasteiger partial charge on any atom is -0.444 e. The van der Waals surface area contributed by atoms with E-state index >= 15 is 0 Å². The molecule has 20 heavy (non-hydrogen) atoms. The van der Waals surface area contributed by atoms with Crippen LogP contribution in [0.1, 0.15) is 46.5 Å². The number of nitrogens with zero attached hydrogens (tertiary/aromatic N) is 2. The van der Waals surface area contributed by atoms with Crippen LogP contribution >= 0.6 is 0 Å². The smallest absolute Gasteiger partial charge is 0.410 e. The van der Waals surface area contributed by atoms with Gasteiger partial charge >= 0.3 is 6.09 Å². The van der Waals surface area contributed by atoms with E-state index in [0.717, 1.165) is 26.1 Å². The molecule has 1 amide bonds. The van der Waals surface area contributed by atoms with Gasteiger partial charge in [0.1, 0.15) is 5.60 Å². The van der Waals surface area contributed by atoms with Gasteiger partial charge in [0.05, 0.1) is 5.54 Å². The van der Waals surface area contributed by atoms with E-state index in [2.05, 4.69) is 4.90 Å². The quantitative estimate of drug-likeness (QED) is 0.839. The molecule has 2 N–H and O–H groups in total. The van der Waals surface area contributed by atoms with Crippen molar-refractivity contribution < 1.29 is 9.53 Å². The molecular weight excluding hydrogens is 254 g/mol.